The molecule has 0 spiro atoms. The summed E-state index contributed by atoms with van der Waals surface area (Å²) in [5.41, 5.74) is 0. The van der Waals surface area contributed by atoms with E-state index in [0.717, 1.165) is 12.8 Å². The van der Waals surface area contributed by atoms with Gasteiger partial charge in [-0.1, -0.05) is 6.58 Å². The Morgan fingerprint density at radius 2 is 2.24 bits per heavy atom. The van der Waals surface area contributed by atoms with Gasteiger partial charge >= 0.3 is 0 Å². The fraction of sp³-hybridized carbons (Fsp3) is 0.727. The second-order valence-corrected chi connectivity index (χ2v) is 6.77. The van der Waals surface area contributed by atoms with Crippen molar-refractivity contribution in [3.05, 3.63) is 12.7 Å². The molecule has 5 nitrogen and oxygen atoms in total. The van der Waals surface area contributed by atoms with E-state index in [0.29, 0.717) is 25.4 Å². The first-order valence-corrected chi connectivity index (χ1v) is 7.54. The summed E-state index contributed by atoms with van der Waals surface area (Å²) in [6, 6.07) is -0.0617. The molecule has 1 aliphatic carbocycles. The Morgan fingerprint density at radius 3 is 2.71 bits per heavy atom. The van der Waals surface area contributed by atoms with Crippen molar-refractivity contribution in [2.24, 2.45) is 5.92 Å². The highest BCUT2D eigenvalue weighted by Crippen LogP contribution is 2.33. The first-order valence-electron chi connectivity index (χ1n) is 5.93. The number of carbonyl (C=O) groups is 1. The lowest BCUT2D eigenvalue weighted by atomic mass is 10.2. The van der Waals surface area contributed by atoms with Gasteiger partial charge in [-0.15, -0.1) is 0 Å². The molecular weight excluding hydrogens is 240 g/mol. The predicted molar refractivity (Wildman–Crippen MR) is 64.8 cm³/mol. The van der Waals surface area contributed by atoms with E-state index in [1.54, 1.807) is 0 Å². The van der Waals surface area contributed by atoms with Crippen molar-refractivity contribution in [3.8, 4) is 0 Å². The summed E-state index contributed by atoms with van der Waals surface area (Å²) in [7, 11) is -3.07. The van der Waals surface area contributed by atoms with Crippen LogP contribution in [0.25, 0.3) is 0 Å². The summed E-state index contributed by atoms with van der Waals surface area (Å²) in [6.45, 7) is 4.40. The average molecular weight is 258 g/mol. The monoisotopic (exact) mass is 258 g/mol. The molecule has 2 fully saturated rings. The normalized spacial score (nSPS) is 25.4. The third-order valence-corrected chi connectivity index (χ3v) is 5.23. The smallest absolute Gasteiger partial charge is 0.243 e. The molecule has 1 heterocycles. The minimum absolute atomic E-state index is 0.0617. The van der Waals surface area contributed by atoms with Gasteiger partial charge in [0.25, 0.3) is 0 Å². The fourth-order valence-electron chi connectivity index (χ4n) is 2.17. The Morgan fingerprint density at radius 1 is 1.53 bits per heavy atom. The van der Waals surface area contributed by atoms with Crippen LogP contribution in [-0.4, -0.2) is 43.5 Å². The van der Waals surface area contributed by atoms with E-state index in [4.69, 9.17) is 0 Å². The van der Waals surface area contributed by atoms with Crippen LogP contribution in [0.1, 0.15) is 19.3 Å². The minimum Gasteiger partial charge on any atom is -0.348 e. The highest BCUT2D eigenvalue weighted by Gasteiger charge is 2.37. The molecule has 1 saturated heterocycles. The molecule has 0 aromatic carbocycles. The molecule has 17 heavy (non-hydrogen) atoms. The second kappa shape index (κ2) is 4.78. The summed E-state index contributed by atoms with van der Waals surface area (Å²) in [4.78, 5) is 11.3. The van der Waals surface area contributed by atoms with Crippen molar-refractivity contribution >= 4 is 15.9 Å². The number of sulfonamides is 1. The maximum absolute atomic E-state index is 11.7. The number of hydrogen-bond acceptors (Lipinski definition) is 3. The molecular formula is C11H18N2O3S. The van der Waals surface area contributed by atoms with E-state index in [2.05, 4.69) is 11.9 Å². The summed E-state index contributed by atoms with van der Waals surface area (Å²) >= 11 is 0. The minimum atomic E-state index is -3.07. The highest BCUT2D eigenvalue weighted by molar-refractivity contribution is 7.89. The maximum atomic E-state index is 11.7. The Labute approximate surface area is 102 Å². The third kappa shape index (κ3) is 3.07. The molecule has 1 N–H and O–H groups in total. The summed E-state index contributed by atoms with van der Waals surface area (Å²) in [5.74, 6) is 0.438. The summed E-state index contributed by atoms with van der Waals surface area (Å²) < 4.78 is 24.9. The van der Waals surface area contributed by atoms with E-state index >= 15 is 0 Å². The zero-order valence-corrected chi connectivity index (χ0v) is 10.6. The summed E-state index contributed by atoms with van der Waals surface area (Å²) in [5, 5.41) is 2.83. The molecule has 0 aromatic rings. The van der Waals surface area contributed by atoms with Crippen molar-refractivity contribution in [3.63, 3.8) is 0 Å². The van der Waals surface area contributed by atoms with Gasteiger partial charge < -0.3 is 5.32 Å². The molecule has 1 unspecified atom stereocenters. The predicted octanol–water partition coefficient (Wildman–Crippen LogP) is 0.103. The lowest BCUT2D eigenvalue weighted by Crippen LogP contribution is -2.45. The van der Waals surface area contributed by atoms with Crippen LogP contribution in [0.3, 0.4) is 0 Å². The number of amides is 1. The number of hydrogen-bond donors (Lipinski definition) is 1. The van der Waals surface area contributed by atoms with Gasteiger partial charge in [0.1, 0.15) is 0 Å². The van der Waals surface area contributed by atoms with Gasteiger partial charge in [0, 0.05) is 19.1 Å². The molecule has 0 radical (unpaired) electrons. The van der Waals surface area contributed by atoms with Gasteiger partial charge in [-0.3, -0.25) is 4.79 Å². The van der Waals surface area contributed by atoms with E-state index < -0.39 is 10.0 Å². The fourth-order valence-corrected chi connectivity index (χ4v) is 3.72. The number of nitrogens with zero attached hydrogens (tertiary/aromatic N) is 1. The number of nitrogens with one attached hydrogen (secondary N) is 1. The van der Waals surface area contributed by atoms with Crippen molar-refractivity contribution in [1.29, 1.82) is 0 Å². The van der Waals surface area contributed by atoms with Crippen LogP contribution < -0.4 is 5.32 Å². The Hall–Kier alpha value is -0.880. The Kier molecular flexibility index (Phi) is 3.53. The van der Waals surface area contributed by atoms with Crippen LogP contribution in [-0.2, 0) is 14.8 Å². The van der Waals surface area contributed by atoms with Gasteiger partial charge in [-0.25, -0.2) is 8.42 Å². The lowest BCUT2D eigenvalue weighted by Gasteiger charge is -2.23. The molecule has 96 valence electrons. The molecule has 6 heteroatoms. The Balaban J connectivity index is 1.98. The highest BCUT2D eigenvalue weighted by atomic mass is 32.2. The zero-order valence-electron chi connectivity index (χ0n) is 9.76. The SMILES string of the molecule is C=CC(=O)NC(CN1CCCS1(=O)=O)C1CC1. The van der Waals surface area contributed by atoms with Crippen molar-refractivity contribution < 1.29 is 13.2 Å². The van der Waals surface area contributed by atoms with Gasteiger partial charge in [0.05, 0.1) is 5.75 Å². The summed E-state index contributed by atoms with van der Waals surface area (Å²) in [6.07, 6.45) is 4.05. The van der Waals surface area contributed by atoms with Gasteiger partial charge in [-0.2, -0.15) is 4.31 Å². The molecule has 0 bridgehead atoms. The molecule has 1 saturated carbocycles. The molecule has 2 rings (SSSR count). The van der Waals surface area contributed by atoms with Crippen LogP contribution in [0, 0.1) is 5.92 Å². The maximum Gasteiger partial charge on any atom is 0.243 e. The number of rotatable bonds is 5. The van der Waals surface area contributed by atoms with Crippen molar-refractivity contribution in [1.82, 2.24) is 9.62 Å². The lowest BCUT2D eigenvalue weighted by molar-refractivity contribution is -0.117. The van der Waals surface area contributed by atoms with Gasteiger partial charge in [0.15, 0.2) is 0 Å². The van der Waals surface area contributed by atoms with Crippen LogP contribution in [0.5, 0.6) is 0 Å². The molecule has 1 amide bonds. The topological polar surface area (TPSA) is 66.5 Å². The second-order valence-electron chi connectivity index (χ2n) is 4.68. The van der Waals surface area contributed by atoms with E-state index in [9.17, 15) is 13.2 Å². The van der Waals surface area contributed by atoms with E-state index in [1.807, 2.05) is 0 Å². The van der Waals surface area contributed by atoms with Crippen LogP contribution in [0.15, 0.2) is 12.7 Å². The standard InChI is InChI=1S/C11H18N2O3S/c1-2-11(14)12-10(9-4-5-9)8-13-6-3-7-17(13,15)16/h2,9-10H,1,3-8H2,(H,12,14). The molecule has 1 aliphatic heterocycles. The molecule has 1 atom stereocenters. The molecule has 2 aliphatic rings. The largest absolute Gasteiger partial charge is 0.348 e. The first-order chi connectivity index (χ1) is 8.03. The average Bonchev–Trinajstić information content (AvgIpc) is 3.05. The van der Waals surface area contributed by atoms with Crippen molar-refractivity contribution in [2.45, 2.75) is 25.3 Å². The third-order valence-electron chi connectivity index (χ3n) is 3.31. The first kappa shape index (κ1) is 12.6. The van der Waals surface area contributed by atoms with Gasteiger partial charge in [-0.05, 0) is 31.3 Å². The van der Waals surface area contributed by atoms with Crippen LogP contribution in [0.2, 0.25) is 0 Å². The van der Waals surface area contributed by atoms with Crippen molar-refractivity contribution in [2.75, 3.05) is 18.8 Å². The van der Waals surface area contributed by atoms with Crippen LogP contribution >= 0.6 is 0 Å². The Bertz CT molecular complexity index is 414. The quantitative estimate of drug-likeness (QED) is 0.711. The number of carbonyl (C=O) groups excluding carboxylic acids is 1. The van der Waals surface area contributed by atoms with E-state index in [-0.39, 0.29) is 17.7 Å². The van der Waals surface area contributed by atoms with E-state index in [1.165, 1.54) is 10.4 Å². The van der Waals surface area contributed by atoms with Crippen LogP contribution in [0.4, 0.5) is 0 Å². The van der Waals surface area contributed by atoms with Gasteiger partial charge in [0.2, 0.25) is 15.9 Å². The zero-order chi connectivity index (χ0) is 12.5. The molecule has 0 aromatic heterocycles.